The Morgan fingerprint density at radius 3 is 2.70 bits per heavy atom. The molecule has 2 aliphatic heterocycles. The van der Waals surface area contributed by atoms with Crippen LogP contribution in [-0.2, 0) is 15.1 Å². The van der Waals surface area contributed by atoms with Gasteiger partial charge in [0.15, 0.2) is 17.3 Å². The van der Waals surface area contributed by atoms with Crippen LogP contribution >= 0.6 is 0 Å². The van der Waals surface area contributed by atoms with E-state index in [1.807, 2.05) is 18.0 Å². The molecule has 1 aromatic carbocycles. The molecule has 1 aromatic heterocycles. The predicted molar refractivity (Wildman–Crippen MR) is 122 cm³/mol. The minimum absolute atomic E-state index is 0.110. The number of amides is 1. The summed E-state index contributed by atoms with van der Waals surface area (Å²) in [5.74, 6) is -0.432. The minimum atomic E-state index is -1.39. The molecular formula is C25H26FN5O2. The Kier molecular flexibility index (Phi) is 5.03. The van der Waals surface area contributed by atoms with Gasteiger partial charge in [-0.25, -0.2) is 9.98 Å². The molecule has 3 heterocycles. The molecular weight excluding hydrogens is 421 g/mol. The average Bonchev–Trinajstić information content (AvgIpc) is 3.55. The molecule has 0 radical (unpaired) electrons. The highest BCUT2D eigenvalue weighted by Crippen LogP contribution is 2.46. The molecule has 33 heavy (non-hydrogen) atoms. The third kappa shape index (κ3) is 3.32. The molecule has 1 aliphatic carbocycles. The summed E-state index contributed by atoms with van der Waals surface area (Å²) in [6, 6.07) is 10.1. The van der Waals surface area contributed by atoms with E-state index in [-0.39, 0.29) is 29.6 Å². The molecule has 2 aromatic rings. The monoisotopic (exact) mass is 447 g/mol. The molecule has 7 nitrogen and oxygen atoms in total. The van der Waals surface area contributed by atoms with E-state index in [1.54, 1.807) is 43.4 Å². The first-order chi connectivity index (χ1) is 15.9. The van der Waals surface area contributed by atoms with Crippen molar-refractivity contribution in [3.05, 3.63) is 65.9 Å². The van der Waals surface area contributed by atoms with Crippen molar-refractivity contribution in [3.63, 3.8) is 0 Å². The number of hydrogen-bond donors (Lipinski definition) is 1. The zero-order valence-electron chi connectivity index (χ0n) is 18.7. The van der Waals surface area contributed by atoms with Crippen molar-refractivity contribution in [2.24, 2.45) is 16.6 Å². The Morgan fingerprint density at radius 2 is 2.06 bits per heavy atom. The molecule has 1 fully saturated rings. The number of aromatic nitrogens is 1. The van der Waals surface area contributed by atoms with Crippen molar-refractivity contribution in [1.82, 2.24) is 14.8 Å². The average molecular weight is 448 g/mol. The van der Waals surface area contributed by atoms with Gasteiger partial charge < -0.3 is 10.6 Å². The van der Waals surface area contributed by atoms with Crippen molar-refractivity contribution < 1.29 is 14.0 Å². The Morgan fingerprint density at radius 1 is 1.27 bits per heavy atom. The van der Waals surface area contributed by atoms with E-state index in [2.05, 4.69) is 9.98 Å². The molecule has 0 spiro atoms. The molecule has 3 aliphatic rings. The molecule has 0 bridgehead atoms. The van der Waals surface area contributed by atoms with E-state index in [1.165, 1.54) is 11.1 Å². The van der Waals surface area contributed by atoms with Crippen LogP contribution in [-0.4, -0.2) is 52.1 Å². The number of halogens is 1. The Hall–Kier alpha value is -3.55. The van der Waals surface area contributed by atoms with Crippen molar-refractivity contribution in [1.29, 1.82) is 0 Å². The molecule has 5 rings (SSSR count). The first-order valence-electron chi connectivity index (χ1n) is 11.2. The first kappa shape index (κ1) is 21.3. The molecule has 1 saturated carbocycles. The standard InChI is InChI=1S/C25H26FN5O2/c1-3-31-14-18(13-20(31)21(32)15-9-10-15)25(23(33)30(2)24(27)29-25)17-7-4-6-16(12-17)19-8-5-11-28-22(19)26/h4-8,11-12,14-15,20H,3,9-10,13H2,1-2H3,(H2,27,29)/t20?,25-/m1/s1. The number of hydrogen-bond acceptors (Lipinski definition) is 6. The molecule has 170 valence electrons. The number of likely N-dealkylation sites (N-methyl/N-ethyl adjacent to an activating group) is 2. The van der Waals surface area contributed by atoms with Crippen LogP contribution in [0.5, 0.6) is 0 Å². The number of nitrogens with two attached hydrogens (primary N) is 1. The maximum Gasteiger partial charge on any atom is 0.266 e. The fourth-order valence-electron chi connectivity index (χ4n) is 4.86. The van der Waals surface area contributed by atoms with Gasteiger partial charge in [-0.1, -0.05) is 18.2 Å². The summed E-state index contributed by atoms with van der Waals surface area (Å²) in [5.41, 5.74) is 6.97. The topological polar surface area (TPSA) is 91.9 Å². The summed E-state index contributed by atoms with van der Waals surface area (Å²) >= 11 is 0. The van der Waals surface area contributed by atoms with Crippen LogP contribution in [0, 0.1) is 11.9 Å². The number of aliphatic imine (C=N–C) groups is 1. The lowest BCUT2D eigenvalue weighted by atomic mass is 9.80. The highest BCUT2D eigenvalue weighted by Gasteiger charge is 2.54. The van der Waals surface area contributed by atoms with Crippen molar-refractivity contribution in [3.8, 4) is 11.1 Å². The SMILES string of the molecule is CCN1C=C([C@@]2(c3cccc(-c4cccnc4F)c3)N=C(N)N(C)C2=O)CC1C(=O)C1CC1. The fraction of sp³-hybridized carbons (Fsp3) is 0.360. The van der Waals surface area contributed by atoms with Crippen LogP contribution in [0.15, 0.2) is 59.4 Å². The van der Waals surface area contributed by atoms with E-state index in [9.17, 15) is 14.0 Å². The van der Waals surface area contributed by atoms with Gasteiger partial charge in [-0.3, -0.25) is 14.5 Å². The van der Waals surface area contributed by atoms with Crippen LogP contribution in [0.25, 0.3) is 11.1 Å². The summed E-state index contributed by atoms with van der Waals surface area (Å²) in [6.45, 7) is 2.64. The highest BCUT2D eigenvalue weighted by molar-refractivity contribution is 6.09. The number of carbonyl (C=O) groups excluding carboxylic acids is 2. The number of carbonyl (C=O) groups is 2. The van der Waals surface area contributed by atoms with Crippen LogP contribution in [0.1, 0.15) is 31.7 Å². The van der Waals surface area contributed by atoms with E-state index in [0.29, 0.717) is 29.7 Å². The summed E-state index contributed by atoms with van der Waals surface area (Å²) in [4.78, 5) is 38.4. The summed E-state index contributed by atoms with van der Waals surface area (Å²) in [7, 11) is 1.59. The third-order valence-corrected chi connectivity index (χ3v) is 6.86. The normalized spacial score (nSPS) is 24.8. The first-order valence-corrected chi connectivity index (χ1v) is 11.2. The van der Waals surface area contributed by atoms with Crippen LogP contribution in [0.2, 0.25) is 0 Å². The second kappa shape index (κ2) is 7.79. The lowest BCUT2D eigenvalue weighted by Crippen LogP contribution is -2.41. The van der Waals surface area contributed by atoms with E-state index in [4.69, 9.17) is 5.73 Å². The summed E-state index contributed by atoms with van der Waals surface area (Å²) < 4.78 is 14.4. The van der Waals surface area contributed by atoms with Crippen LogP contribution < -0.4 is 5.73 Å². The minimum Gasteiger partial charge on any atom is -0.369 e. The van der Waals surface area contributed by atoms with E-state index < -0.39 is 11.5 Å². The van der Waals surface area contributed by atoms with E-state index in [0.717, 1.165) is 18.4 Å². The number of nitrogens with zero attached hydrogens (tertiary/aromatic N) is 4. The molecule has 1 amide bonds. The van der Waals surface area contributed by atoms with Crippen molar-refractivity contribution in [2.75, 3.05) is 13.6 Å². The zero-order valence-corrected chi connectivity index (χ0v) is 18.7. The lowest BCUT2D eigenvalue weighted by molar-refractivity contribution is -0.129. The van der Waals surface area contributed by atoms with Gasteiger partial charge in [0.25, 0.3) is 5.91 Å². The molecule has 1 unspecified atom stereocenters. The fourth-order valence-corrected chi connectivity index (χ4v) is 4.86. The highest BCUT2D eigenvalue weighted by atomic mass is 19.1. The van der Waals surface area contributed by atoms with Gasteiger partial charge in [0.05, 0.1) is 6.04 Å². The number of Topliss-reactive ketones (excluding diaryl/α,β-unsaturated/α-hetero) is 1. The van der Waals surface area contributed by atoms with Gasteiger partial charge in [-0.2, -0.15) is 4.39 Å². The summed E-state index contributed by atoms with van der Waals surface area (Å²) in [6.07, 6.45) is 5.56. The second-order valence-electron chi connectivity index (χ2n) is 8.85. The van der Waals surface area contributed by atoms with Gasteiger partial charge in [-0.05, 0) is 54.7 Å². The van der Waals surface area contributed by atoms with Crippen LogP contribution in [0.4, 0.5) is 4.39 Å². The Balaban J connectivity index is 1.63. The van der Waals surface area contributed by atoms with Crippen molar-refractivity contribution >= 4 is 17.6 Å². The van der Waals surface area contributed by atoms with Gasteiger partial charge in [0.2, 0.25) is 5.95 Å². The largest absolute Gasteiger partial charge is 0.369 e. The predicted octanol–water partition coefficient (Wildman–Crippen LogP) is 2.83. The van der Waals surface area contributed by atoms with Crippen molar-refractivity contribution in [2.45, 2.75) is 37.8 Å². The number of pyridine rings is 1. The Bertz CT molecular complexity index is 1200. The number of benzene rings is 1. The van der Waals surface area contributed by atoms with Crippen LogP contribution in [0.3, 0.4) is 0 Å². The van der Waals surface area contributed by atoms with E-state index >= 15 is 0 Å². The molecule has 2 atom stereocenters. The van der Waals surface area contributed by atoms with Gasteiger partial charge in [0.1, 0.15) is 0 Å². The quantitative estimate of drug-likeness (QED) is 0.688. The molecule has 8 heteroatoms. The summed E-state index contributed by atoms with van der Waals surface area (Å²) in [5, 5.41) is 0. The smallest absolute Gasteiger partial charge is 0.266 e. The number of ketones is 1. The maximum absolute atomic E-state index is 14.4. The number of guanidine groups is 1. The maximum atomic E-state index is 14.4. The Labute approximate surface area is 191 Å². The zero-order chi connectivity index (χ0) is 23.3. The molecule has 0 saturated heterocycles. The van der Waals surface area contributed by atoms with Gasteiger partial charge >= 0.3 is 0 Å². The van der Waals surface area contributed by atoms with Gasteiger partial charge in [0, 0.05) is 43.9 Å². The molecule has 2 N–H and O–H groups in total. The number of rotatable bonds is 6. The third-order valence-electron chi connectivity index (χ3n) is 6.86. The van der Waals surface area contributed by atoms with Gasteiger partial charge in [-0.15, -0.1) is 0 Å². The lowest BCUT2D eigenvalue weighted by Gasteiger charge is -2.27. The second-order valence-corrected chi connectivity index (χ2v) is 8.85.